The zero-order chi connectivity index (χ0) is 22.9. The van der Waals surface area contributed by atoms with Crippen molar-refractivity contribution in [2.75, 3.05) is 11.5 Å². The summed E-state index contributed by atoms with van der Waals surface area (Å²) in [6.07, 6.45) is 4.93. The van der Waals surface area contributed by atoms with Crippen LogP contribution < -0.4 is 0 Å². The Hall–Kier alpha value is -1.10. The van der Waals surface area contributed by atoms with Crippen LogP contribution in [0.15, 0.2) is 12.1 Å². The molecule has 1 nitrogen and oxygen atoms in total. The number of unbranched alkanes of at least 4 members (excludes halogenated alkanes) is 5. The van der Waals surface area contributed by atoms with Crippen molar-refractivity contribution in [3.8, 4) is 0 Å². The highest BCUT2D eigenvalue weighted by molar-refractivity contribution is 7.99. The number of hydrogen-bond donors (Lipinski definition) is 0. The van der Waals surface area contributed by atoms with Gasteiger partial charge in [0.15, 0.2) is 0 Å². The van der Waals surface area contributed by atoms with Crippen molar-refractivity contribution >= 4 is 22.7 Å². The highest BCUT2D eigenvalue weighted by atomic mass is 32.2. The zero-order valence-corrected chi connectivity index (χ0v) is 20.7. The van der Waals surface area contributed by atoms with Gasteiger partial charge in [0.25, 0.3) is 0 Å². The number of alkyl halides is 3. The maximum absolute atomic E-state index is 13.4. The van der Waals surface area contributed by atoms with Gasteiger partial charge in [-0.25, -0.2) is 0 Å². The molecule has 1 aromatic heterocycles. The first-order valence-corrected chi connectivity index (χ1v) is 13.2. The fourth-order valence-electron chi connectivity index (χ4n) is 4.35. The van der Waals surface area contributed by atoms with Crippen LogP contribution in [0, 0.1) is 13.8 Å². The van der Waals surface area contributed by atoms with E-state index in [4.69, 9.17) is 0 Å². The summed E-state index contributed by atoms with van der Waals surface area (Å²) in [4.78, 5) is 0. The monoisotopic (exact) mass is 455 g/mol. The average molecular weight is 456 g/mol. The van der Waals surface area contributed by atoms with E-state index >= 15 is 0 Å². The lowest BCUT2D eigenvalue weighted by atomic mass is 9.94. The highest BCUT2D eigenvalue weighted by Crippen LogP contribution is 2.35. The SMILES string of the molecule is CCCCSCCCCCCn1c(C)c(C)c2c(CC(F)(F)F)c(CCCC)ccc21. The van der Waals surface area contributed by atoms with Gasteiger partial charge in [0.2, 0.25) is 0 Å². The van der Waals surface area contributed by atoms with E-state index in [1.54, 1.807) is 0 Å². The molecule has 0 unspecified atom stereocenters. The average Bonchev–Trinajstić information content (AvgIpc) is 2.95. The molecule has 0 saturated carbocycles. The number of fused-ring (bicyclic) bond motifs is 1. The Balaban J connectivity index is 2.12. The minimum absolute atomic E-state index is 0.502. The Kier molecular flexibility index (Phi) is 10.8. The van der Waals surface area contributed by atoms with Gasteiger partial charge in [-0.15, -0.1) is 0 Å². The molecule has 0 bridgehead atoms. The molecular formula is C26H40F3NS. The number of aromatic nitrogens is 1. The first-order chi connectivity index (χ1) is 14.8. The third kappa shape index (κ3) is 7.76. The molecule has 0 saturated heterocycles. The van der Waals surface area contributed by atoms with E-state index < -0.39 is 12.6 Å². The first kappa shape index (κ1) is 26.2. The van der Waals surface area contributed by atoms with Crippen LogP contribution in [0.5, 0.6) is 0 Å². The number of halogens is 3. The molecular weight excluding hydrogens is 415 g/mol. The highest BCUT2D eigenvalue weighted by Gasteiger charge is 2.31. The van der Waals surface area contributed by atoms with Crippen molar-refractivity contribution in [2.24, 2.45) is 0 Å². The van der Waals surface area contributed by atoms with E-state index in [2.05, 4.69) is 43.2 Å². The van der Waals surface area contributed by atoms with Crippen molar-refractivity contribution < 1.29 is 13.2 Å². The van der Waals surface area contributed by atoms with Crippen LogP contribution >= 0.6 is 11.8 Å². The van der Waals surface area contributed by atoms with Gasteiger partial charge in [-0.3, -0.25) is 0 Å². The molecule has 0 aliphatic rings. The molecule has 0 aliphatic heterocycles. The van der Waals surface area contributed by atoms with Gasteiger partial charge in [-0.2, -0.15) is 24.9 Å². The lowest BCUT2D eigenvalue weighted by Crippen LogP contribution is -2.14. The lowest BCUT2D eigenvalue weighted by molar-refractivity contribution is -0.127. The van der Waals surface area contributed by atoms with E-state index in [1.807, 2.05) is 13.0 Å². The number of hydrogen-bond acceptors (Lipinski definition) is 1. The molecule has 0 spiro atoms. The second-order valence-electron chi connectivity index (χ2n) is 8.74. The van der Waals surface area contributed by atoms with Gasteiger partial charge >= 0.3 is 6.18 Å². The van der Waals surface area contributed by atoms with Crippen LogP contribution in [0.4, 0.5) is 13.2 Å². The fraction of sp³-hybridized carbons (Fsp3) is 0.692. The van der Waals surface area contributed by atoms with Crippen LogP contribution in [0.25, 0.3) is 10.9 Å². The number of rotatable bonds is 14. The van der Waals surface area contributed by atoms with Crippen molar-refractivity contribution in [3.63, 3.8) is 0 Å². The third-order valence-electron chi connectivity index (χ3n) is 6.24. The molecule has 0 amide bonds. The van der Waals surface area contributed by atoms with Gasteiger partial charge < -0.3 is 4.57 Å². The van der Waals surface area contributed by atoms with Crippen LogP contribution in [0.1, 0.15) is 87.6 Å². The zero-order valence-electron chi connectivity index (χ0n) is 19.8. The third-order valence-corrected chi connectivity index (χ3v) is 7.40. The summed E-state index contributed by atoms with van der Waals surface area (Å²) in [5.41, 5.74) is 4.47. The quantitative estimate of drug-likeness (QED) is 0.258. The van der Waals surface area contributed by atoms with E-state index in [0.717, 1.165) is 60.0 Å². The number of benzene rings is 1. The molecule has 0 radical (unpaired) electrons. The molecule has 0 fully saturated rings. The summed E-state index contributed by atoms with van der Waals surface area (Å²) in [5, 5.41) is 0.843. The molecule has 1 heterocycles. The second-order valence-corrected chi connectivity index (χ2v) is 9.96. The Bertz CT molecular complexity index is 807. The smallest absolute Gasteiger partial charge is 0.345 e. The van der Waals surface area contributed by atoms with Gasteiger partial charge in [-0.1, -0.05) is 45.6 Å². The molecule has 2 aromatic rings. The molecule has 31 heavy (non-hydrogen) atoms. The minimum atomic E-state index is -4.19. The summed E-state index contributed by atoms with van der Waals surface area (Å²) in [5.74, 6) is 2.51. The summed E-state index contributed by atoms with van der Waals surface area (Å²) in [7, 11) is 0. The Morgan fingerprint density at radius 2 is 1.55 bits per heavy atom. The topological polar surface area (TPSA) is 4.93 Å². The maximum atomic E-state index is 13.4. The predicted molar refractivity (Wildman–Crippen MR) is 130 cm³/mol. The number of aryl methyl sites for hydroxylation is 3. The Morgan fingerprint density at radius 3 is 2.23 bits per heavy atom. The van der Waals surface area contributed by atoms with Crippen LogP contribution in [0.3, 0.4) is 0 Å². The largest absolute Gasteiger partial charge is 0.393 e. The van der Waals surface area contributed by atoms with Gasteiger partial charge in [-0.05, 0) is 80.2 Å². The second kappa shape index (κ2) is 12.8. The van der Waals surface area contributed by atoms with Crippen molar-refractivity contribution in [2.45, 2.75) is 105 Å². The Morgan fingerprint density at radius 1 is 0.871 bits per heavy atom. The predicted octanol–water partition coefficient (Wildman–Crippen LogP) is 8.80. The molecule has 0 atom stereocenters. The van der Waals surface area contributed by atoms with Crippen LogP contribution in [0.2, 0.25) is 0 Å². The minimum Gasteiger partial charge on any atom is -0.345 e. The van der Waals surface area contributed by atoms with Crippen LogP contribution in [-0.2, 0) is 19.4 Å². The maximum Gasteiger partial charge on any atom is 0.393 e. The van der Waals surface area contributed by atoms with Gasteiger partial charge in [0, 0.05) is 23.1 Å². The van der Waals surface area contributed by atoms with Crippen molar-refractivity contribution in [1.82, 2.24) is 4.57 Å². The molecule has 5 heteroatoms. The molecule has 0 aliphatic carbocycles. The van der Waals surface area contributed by atoms with E-state index in [0.29, 0.717) is 5.56 Å². The molecule has 2 rings (SSSR count). The normalized spacial score (nSPS) is 12.2. The molecule has 176 valence electrons. The lowest BCUT2D eigenvalue weighted by Gasteiger charge is -2.15. The van der Waals surface area contributed by atoms with E-state index in [-0.39, 0.29) is 0 Å². The van der Waals surface area contributed by atoms with E-state index in [9.17, 15) is 13.2 Å². The van der Waals surface area contributed by atoms with Crippen molar-refractivity contribution in [3.05, 3.63) is 34.5 Å². The summed E-state index contributed by atoms with van der Waals surface area (Å²) < 4.78 is 42.5. The molecule has 0 N–H and O–H groups in total. The molecule has 1 aromatic carbocycles. The number of nitrogens with zero attached hydrogens (tertiary/aromatic N) is 1. The summed E-state index contributed by atoms with van der Waals surface area (Å²) in [6.45, 7) is 9.25. The van der Waals surface area contributed by atoms with Gasteiger partial charge in [0.1, 0.15) is 0 Å². The van der Waals surface area contributed by atoms with Crippen molar-refractivity contribution in [1.29, 1.82) is 0 Å². The Labute approximate surface area is 191 Å². The fourth-order valence-corrected chi connectivity index (χ4v) is 5.46. The van der Waals surface area contributed by atoms with E-state index in [1.165, 1.54) is 43.6 Å². The summed E-state index contributed by atoms with van der Waals surface area (Å²) in [6, 6.07) is 4.01. The number of thioether (sulfide) groups is 1. The van der Waals surface area contributed by atoms with Gasteiger partial charge in [0.05, 0.1) is 6.42 Å². The first-order valence-electron chi connectivity index (χ1n) is 12.0. The van der Waals surface area contributed by atoms with Crippen LogP contribution in [-0.4, -0.2) is 22.2 Å². The summed E-state index contributed by atoms with van der Waals surface area (Å²) >= 11 is 2.06. The standard InChI is InChI=1S/C26H40F3NS/c1-5-7-13-22-14-15-24-25(23(22)19-26(27,28)29)20(3)21(4)30(24)16-11-9-10-12-18-31-17-8-6-2/h14-15H,5-13,16-19H2,1-4H3.